The van der Waals surface area contributed by atoms with Gasteiger partial charge in [-0.2, -0.15) is 0 Å². The largest absolute Gasteiger partial charge is 0.481 e. The van der Waals surface area contributed by atoms with Crippen LogP contribution in [0.1, 0.15) is 32.8 Å². The maximum absolute atomic E-state index is 12.0. The molecule has 7 heteroatoms. The summed E-state index contributed by atoms with van der Waals surface area (Å²) in [6.07, 6.45) is 2.70. The SMILES string of the molecule is CC(C)(C)OC(=O)N1CC(CC(=O)O)(NCc2ccoc2)C1. The third-order valence-electron chi connectivity index (χ3n) is 3.38. The van der Waals surface area contributed by atoms with E-state index in [-0.39, 0.29) is 6.42 Å². The van der Waals surface area contributed by atoms with Gasteiger partial charge >= 0.3 is 12.1 Å². The molecule has 7 nitrogen and oxygen atoms in total. The third kappa shape index (κ3) is 4.24. The zero-order valence-corrected chi connectivity index (χ0v) is 13.1. The molecule has 1 fully saturated rings. The van der Waals surface area contributed by atoms with Crippen molar-refractivity contribution in [1.29, 1.82) is 0 Å². The molecule has 0 saturated carbocycles. The quantitative estimate of drug-likeness (QED) is 0.862. The Morgan fingerprint density at radius 2 is 2.14 bits per heavy atom. The summed E-state index contributed by atoms with van der Waals surface area (Å²) in [5, 5.41) is 12.3. The fourth-order valence-electron chi connectivity index (χ4n) is 2.40. The summed E-state index contributed by atoms with van der Waals surface area (Å²) in [6.45, 7) is 6.51. The van der Waals surface area contributed by atoms with E-state index in [4.69, 9.17) is 14.3 Å². The van der Waals surface area contributed by atoms with Gasteiger partial charge in [-0.1, -0.05) is 0 Å². The number of aliphatic carboxylic acids is 1. The number of hydrogen-bond acceptors (Lipinski definition) is 5. The van der Waals surface area contributed by atoms with Gasteiger partial charge in [-0.25, -0.2) is 4.79 Å². The Kier molecular flexibility index (Phi) is 4.46. The van der Waals surface area contributed by atoms with E-state index in [1.54, 1.807) is 33.3 Å². The minimum absolute atomic E-state index is 0.0514. The van der Waals surface area contributed by atoms with E-state index in [9.17, 15) is 9.59 Å². The van der Waals surface area contributed by atoms with Crippen molar-refractivity contribution in [3.05, 3.63) is 24.2 Å². The maximum Gasteiger partial charge on any atom is 0.410 e. The summed E-state index contributed by atoms with van der Waals surface area (Å²) >= 11 is 0. The lowest BCUT2D eigenvalue weighted by atomic mass is 9.86. The standard InChI is InChI=1S/C15H22N2O5/c1-14(2,3)22-13(20)17-9-15(10-17,6-12(18)19)16-7-11-4-5-21-8-11/h4-5,8,16H,6-7,9-10H2,1-3H3,(H,18,19). The number of nitrogens with one attached hydrogen (secondary N) is 1. The number of ether oxygens (including phenoxy) is 1. The lowest BCUT2D eigenvalue weighted by Crippen LogP contribution is -2.71. The van der Waals surface area contributed by atoms with Crippen molar-refractivity contribution in [3.8, 4) is 0 Å². The Morgan fingerprint density at radius 3 is 2.64 bits per heavy atom. The van der Waals surface area contributed by atoms with Crippen LogP contribution in [0.2, 0.25) is 0 Å². The van der Waals surface area contributed by atoms with Crippen LogP contribution in [-0.4, -0.2) is 46.3 Å². The molecule has 1 aromatic rings. The molecule has 0 aromatic carbocycles. The highest BCUT2D eigenvalue weighted by Crippen LogP contribution is 2.27. The van der Waals surface area contributed by atoms with Crippen molar-refractivity contribution in [1.82, 2.24) is 10.2 Å². The second-order valence-corrected chi connectivity index (χ2v) is 6.67. The van der Waals surface area contributed by atoms with Gasteiger partial charge in [0.15, 0.2) is 0 Å². The summed E-state index contributed by atoms with van der Waals surface area (Å²) < 4.78 is 10.3. The van der Waals surface area contributed by atoms with Crippen LogP contribution >= 0.6 is 0 Å². The van der Waals surface area contributed by atoms with Crippen LogP contribution in [0, 0.1) is 0 Å². The van der Waals surface area contributed by atoms with E-state index in [1.807, 2.05) is 6.07 Å². The molecule has 0 aliphatic carbocycles. The molecule has 0 spiro atoms. The van der Waals surface area contributed by atoms with Crippen LogP contribution in [0.5, 0.6) is 0 Å². The van der Waals surface area contributed by atoms with Gasteiger partial charge in [-0.05, 0) is 26.8 Å². The molecule has 2 heterocycles. The average Bonchev–Trinajstić information content (AvgIpc) is 2.81. The molecule has 1 aliphatic heterocycles. The molecule has 0 atom stereocenters. The van der Waals surface area contributed by atoms with Gasteiger partial charge in [0, 0.05) is 25.2 Å². The smallest absolute Gasteiger partial charge is 0.410 e. The maximum atomic E-state index is 12.0. The molecular weight excluding hydrogens is 288 g/mol. The monoisotopic (exact) mass is 310 g/mol. The Labute approximate surface area is 129 Å². The number of furan rings is 1. The number of nitrogens with zero attached hydrogens (tertiary/aromatic N) is 1. The highest BCUT2D eigenvalue weighted by atomic mass is 16.6. The van der Waals surface area contributed by atoms with Gasteiger partial charge in [0.05, 0.1) is 24.5 Å². The highest BCUT2D eigenvalue weighted by Gasteiger charge is 2.47. The van der Waals surface area contributed by atoms with Crippen LogP contribution in [0.15, 0.2) is 23.0 Å². The second kappa shape index (κ2) is 6.00. The normalized spacial score (nSPS) is 17.0. The van der Waals surface area contributed by atoms with Crippen LogP contribution in [-0.2, 0) is 16.1 Å². The van der Waals surface area contributed by atoms with Crippen molar-refractivity contribution in [3.63, 3.8) is 0 Å². The Morgan fingerprint density at radius 1 is 1.45 bits per heavy atom. The first kappa shape index (κ1) is 16.4. The van der Waals surface area contributed by atoms with E-state index in [0.29, 0.717) is 19.6 Å². The predicted octanol–water partition coefficient (Wildman–Crippen LogP) is 1.83. The molecule has 0 bridgehead atoms. The topological polar surface area (TPSA) is 92.0 Å². The number of likely N-dealkylation sites (tertiary alicyclic amines) is 1. The van der Waals surface area contributed by atoms with Crippen LogP contribution < -0.4 is 5.32 Å². The van der Waals surface area contributed by atoms with E-state index in [1.165, 1.54) is 4.90 Å². The van der Waals surface area contributed by atoms with Crippen molar-refractivity contribution in [2.75, 3.05) is 13.1 Å². The molecule has 0 radical (unpaired) electrons. The summed E-state index contributed by atoms with van der Waals surface area (Å²) in [5.41, 5.74) is -0.257. The fraction of sp³-hybridized carbons (Fsp3) is 0.600. The fourth-order valence-corrected chi connectivity index (χ4v) is 2.40. The number of carboxylic acids is 1. The van der Waals surface area contributed by atoms with Gasteiger partial charge in [0.2, 0.25) is 0 Å². The molecular formula is C15H22N2O5. The zero-order valence-electron chi connectivity index (χ0n) is 13.1. The zero-order chi connectivity index (χ0) is 16.4. The van der Waals surface area contributed by atoms with E-state index in [2.05, 4.69) is 5.32 Å². The molecule has 1 saturated heterocycles. The van der Waals surface area contributed by atoms with Gasteiger partial charge < -0.3 is 24.5 Å². The molecule has 1 aromatic heterocycles. The number of hydrogen-bond donors (Lipinski definition) is 2. The van der Waals surface area contributed by atoms with E-state index < -0.39 is 23.2 Å². The number of carbonyl (C=O) groups excluding carboxylic acids is 1. The van der Waals surface area contributed by atoms with Gasteiger partial charge in [0.25, 0.3) is 0 Å². The third-order valence-corrected chi connectivity index (χ3v) is 3.38. The average molecular weight is 310 g/mol. The molecule has 122 valence electrons. The Balaban J connectivity index is 1.93. The second-order valence-electron chi connectivity index (χ2n) is 6.67. The first-order valence-electron chi connectivity index (χ1n) is 7.15. The van der Waals surface area contributed by atoms with Gasteiger partial charge in [-0.3, -0.25) is 4.79 Å². The minimum atomic E-state index is -0.900. The number of rotatable bonds is 5. The predicted molar refractivity (Wildman–Crippen MR) is 78.3 cm³/mol. The molecule has 22 heavy (non-hydrogen) atoms. The highest BCUT2D eigenvalue weighted by molar-refractivity contribution is 5.73. The van der Waals surface area contributed by atoms with Gasteiger partial charge in [-0.15, -0.1) is 0 Å². The van der Waals surface area contributed by atoms with Gasteiger partial charge in [0.1, 0.15) is 5.60 Å². The lowest BCUT2D eigenvalue weighted by molar-refractivity contribution is -0.141. The number of amides is 1. The lowest BCUT2D eigenvalue weighted by Gasteiger charge is -2.49. The minimum Gasteiger partial charge on any atom is -0.481 e. The molecule has 2 rings (SSSR count). The van der Waals surface area contributed by atoms with Crippen molar-refractivity contribution in [2.45, 2.75) is 44.9 Å². The molecule has 2 N–H and O–H groups in total. The summed E-state index contributed by atoms with van der Waals surface area (Å²) in [4.78, 5) is 24.6. The van der Waals surface area contributed by atoms with Crippen molar-refractivity contribution < 1.29 is 23.8 Å². The number of carboxylic acid groups (broad SMARTS) is 1. The first-order chi connectivity index (χ1) is 10.2. The summed E-state index contributed by atoms with van der Waals surface area (Å²) in [5.74, 6) is -0.900. The molecule has 0 unspecified atom stereocenters. The summed E-state index contributed by atoms with van der Waals surface area (Å²) in [7, 11) is 0. The summed E-state index contributed by atoms with van der Waals surface area (Å²) in [6, 6.07) is 1.81. The molecule has 1 amide bonds. The van der Waals surface area contributed by atoms with E-state index in [0.717, 1.165) is 5.56 Å². The number of carbonyl (C=O) groups is 2. The van der Waals surface area contributed by atoms with Crippen molar-refractivity contribution in [2.24, 2.45) is 0 Å². The molecule has 1 aliphatic rings. The van der Waals surface area contributed by atoms with Crippen LogP contribution in [0.4, 0.5) is 4.79 Å². The Bertz CT molecular complexity index is 527. The van der Waals surface area contributed by atoms with Crippen LogP contribution in [0.25, 0.3) is 0 Å². The van der Waals surface area contributed by atoms with Crippen LogP contribution in [0.3, 0.4) is 0 Å². The Hall–Kier alpha value is -2.02. The van der Waals surface area contributed by atoms with Crippen molar-refractivity contribution >= 4 is 12.1 Å². The van der Waals surface area contributed by atoms with E-state index >= 15 is 0 Å². The first-order valence-corrected chi connectivity index (χ1v) is 7.15.